The van der Waals surface area contributed by atoms with Crippen LogP contribution in [0.25, 0.3) is 0 Å². The van der Waals surface area contributed by atoms with Crippen LogP contribution in [0, 0.1) is 5.92 Å². The van der Waals surface area contributed by atoms with Gasteiger partial charge in [0.05, 0.1) is 23.8 Å². The molecular weight excluding hydrogens is 186 g/mol. The van der Waals surface area contributed by atoms with Crippen molar-refractivity contribution in [3.63, 3.8) is 0 Å². The number of rotatable bonds is 4. The fourth-order valence-electron chi connectivity index (χ4n) is 2.15. The summed E-state index contributed by atoms with van der Waals surface area (Å²) in [7, 11) is 1.91. The topological polar surface area (TPSA) is 37.0 Å². The Hall–Kier alpha value is -1.25. The van der Waals surface area contributed by atoms with Crippen molar-refractivity contribution in [1.82, 2.24) is 4.98 Å². The number of nitrogens with one attached hydrogen (secondary N) is 2. The van der Waals surface area contributed by atoms with E-state index in [4.69, 9.17) is 0 Å². The van der Waals surface area contributed by atoms with Gasteiger partial charge in [0.2, 0.25) is 0 Å². The molecule has 0 amide bonds. The fourth-order valence-corrected chi connectivity index (χ4v) is 2.15. The zero-order chi connectivity index (χ0) is 10.5. The van der Waals surface area contributed by atoms with Crippen LogP contribution in [0.4, 0.5) is 11.4 Å². The second kappa shape index (κ2) is 5.01. The summed E-state index contributed by atoms with van der Waals surface area (Å²) in [5.74, 6) is 0.864. The van der Waals surface area contributed by atoms with Crippen molar-refractivity contribution in [3.8, 4) is 0 Å². The molecule has 2 rings (SSSR count). The largest absolute Gasteiger partial charge is 0.387 e. The predicted octanol–water partition coefficient (Wildman–Crippen LogP) is 2.73. The highest BCUT2D eigenvalue weighted by molar-refractivity contribution is 5.53. The molecule has 1 aliphatic carbocycles. The van der Waals surface area contributed by atoms with Crippen LogP contribution in [0.5, 0.6) is 0 Å². The van der Waals surface area contributed by atoms with Gasteiger partial charge in [-0.25, -0.2) is 0 Å². The lowest BCUT2D eigenvalue weighted by Crippen LogP contribution is -2.11. The van der Waals surface area contributed by atoms with E-state index in [1.54, 1.807) is 0 Å². The summed E-state index contributed by atoms with van der Waals surface area (Å²) in [5, 5.41) is 6.55. The van der Waals surface area contributed by atoms with Gasteiger partial charge in [-0.3, -0.25) is 4.98 Å². The molecule has 0 unspecified atom stereocenters. The SMILES string of the molecule is CNc1cncc(NCC2CCCC2)c1. The third-order valence-electron chi connectivity index (χ3n) is 3.10. The van der Waals surface area contributed by atoms with Gasteiger partial charge in [-0.05, 0) is 24.8 Å². The van der Waals surface area contributed by atoms with Gasteiger partial charge in [-0.2, -0.15) is 0 Å². The molecule has 0 spiro atoms. The first-order chi connectivity index (χ1) is 7.38. The minimum Gasteiger partial charge on any atom is -0.387 e. The van der Waals surface area contributed by atoms with Gasteiger partial charge in [0.25, 0.3) is 0 Å². The van der Waals surface area contributed by atoms with Crippen LogP contribution in [0.1, 0.15) is 25.7 Å². The Labute approximate surface area is 91.3 Å². The smallest absolute Gasteiger partial charge is 0.0547 e. The predicted molar refractivity (Wildman–Crippen MR) is 64.2 cm³/mol. The van der Waals surface area contributed by atoms with E-state index in [0.717, 1.165) is 23.8 Å². The van der Waals surface area contributed by atoms with Crippen molar-refractivity contribution in [2.45, 2.75) is 25.7 Å². The zero-order valence-electron chi connectivity index (χ0n) is 9.29. The summed E-state index contributed by atoms with van der Waals surface area (Å²) in [5.41, 5.74) is 2.18. The van der Waals surface area contributed by atoms with Crippen LogP contribution < -0.4 is 10.6 Å². The van der Waals surface area contributed by atoms with Crippen molar-refractivity contribution in [2.75, 3.05) is 24.2 Å². The molecule has 0 radical (unpaired) electrons. The summed E-state index contributed by atoms with van der Waals surface area (Å²) < 4.78 is 0. The van der Waals surface area contributed by atoms with Crippen LogP contribution >= 0.6 is 0 Å². The lowest BCUT2D eigenvalue weighted by atomic mass is 10.1. The highest BCUT2D eigenvalue weighted by Crippen LogP contribution is 2.25. The maximum atomic E-state index is 4.18. The molecule has 1 aromatic heterocycles. The van der Waals surface area contributed by atoms with Crippen LogP contribution in [0.2, 0.25) is 0 Å². The second-order valence-electron chi connectivity index (χ2n) is 4.24. The molecule has 0 aliphatic heterocycles. The van der Waals surface area contributed by atoms with Crippen LogP contribution in [0.3, 0.4) is 0 Å². The maximum Gasteiger partial charge on any atom is 0.0547 e. The molecule has 2 N–H and O–H groups in total. The Morgan fingerprint density at radius 3 is 2.73 bits per heavy atom. The zero-order valence-corrected chi connectivity index (χ0v) is 9.29. The Balaban J connectivity index is 1.86. The molecule has 15 heavy (non-hydrogen) atoms. The van der Waals surface area contributed by atoms with Crippen molar-refractivity contribution in [2.24, 2.45) is 5.92 Å². The lowest BCUT2D eigenvalue weighted by Gasteiger charge is -2.12. The van der Waals surface area contributed by atoms with Gasteiger partial charge in [-0.1, -0.05) is 12.8 Å². The van der Waals surface area contributed by atoms with E-state index in [1.165, 1.54) is 25.7 Å². The molecule has 1 fully saturated rings. The van der Waals surface area contributed by atoms with Crippen LogP contribution in [0.15, 0.2) is 18.5 Å². The third kappa shape index (κ3) is 2.85. The summed E-state index contributed by atoms with van der Waals surface area (Å²) in [6.45, 7) is 1.09. The maximum absolute atomic E-state index is 4.18. The molecule has 82 valence electrons. The number of hydrogen-bond donors (Lipinski definition) is 2. The number of anilines is 2. The summed E-state index contributed by atoms with van der Waals surface area (Å²) in [6, 6.07) is 2.10. The third-order valence-corrected chi connectivity index (χ3v) is 3.10. The average Bonchev–Trinajstić information content (AvgIpc) is 2.79. The molecule has 3 nitrogen and oxygen atoms in total. The number of hydrogen-bond acceptors (Lipinski definition) is 3. The van der Waals surface area contributed by atoms with Crippen LogP contribution in [-0.2, 0) is 0 Å². The molecule has 0 bridgehead atoms. The number of nitrogens with zero attached hydrogens (tertiary/aromatic N) is 1. The van der Waals surface area contributed by atoms with E-state index in [2.05, 4.69) is 21.7 Å². The van der Waals surface area contributed by atoms with Gasteiger partial charge in [-0.15, -0.1) is 0 Å². The first-order valence-electron chi connectivity index (χ1n) is 5.75. The minimum absolute atomic E-state index is 0.864. The van der Waals surface area contributed by atoms with Gasteiger partial charge in [0.1, 0.15) is 0 Å². The van der Waals surface area contributed by atoms with E-state index in [-0.39, 0.29) is 0 Å². The molecule has 3 heteroatoms. The molecule has 1 heterocycles. The summed E-state index contributed by atoms with van der Waals surface area (Å²) in [4.78, 5) is 4.18. The lowest BCUT2D eigenvalue weighted by molar-refractivity contribution is 0.580. The van der Waals surface area contributed by atoms with E-state index in [9.17, 15) is 0 Å². The standard InChI is InChI=1S/C12H19N3/c1-13-11-6-12(9-14-8-11)15-7-10-4-2-3-5-10/h6,8-10,13,15H,2-5,7H2,1H3. The van der Waals surface area contributed by atoms with Gasteiger partial charge < -0.3 is 10.6 Å². The molecule has 0 aromatic carbocycles. The van der Waals surface area contributed by atoms with Crippen molar-refractivity contribution < 1.29 is 0 Å². The fraction of sp³-hybridized carbons (Fsp3) is 0.583. The average molecular weight is 205 g/mol. The Morgan fingerprint density at radius 2 is 2.00 bits per heavy atom. The van der Waals surface area contributed by atoms with Crippen molar-refractivity contribution in [3.05, 3.63) is 18.5 Å². The second-order valence-corrected chi connectivity index (χ2v) is 4.24. The molecule has 0 atom stereocenters. The van der Waals surface area contributed by atoms with Crippen molar-refractivity contribution in [1.29, 1.82) is 0 Å². The van der Waals surface area contributed by atoms with E-state index < -0.39 is 0 Å². The Bertz CT molecular complexity index is 305. The summed E-state index contributed by atoms with van der Waals surface area (Å²) in [6.07, 6.45) is 9.29. The van der Waals surface area contributed by atoms with Crippen molar-refractivity contribution >= 4 is 11.4 Å². The van der Waals surface area contributed by atoms with Gasteiger partial charge in [0, 0.05) is 13.6 Å². The van der Waals surface area contributed by atoms with Crippen LogP contribution in [-0.4, -0.2) is 18.6 Å². The van der Waals surface area contributed by atoms with E-state index in [0.29, 0.717) is 0 Å². The molecule has 0 saturated heterocycles. The van der Waals surface area contributed by atoms with E-state index >= 15 is 0 Å². The first kappa shape index (κ1) is 10.3. The number of pyridine rings is 1. The molecule has 1 saturated carbocycles. The van der Waals surface area contributed by atoms with E-state index in [1.807, 2.05) is 19.4 Å². The monoisotopic (exact) mass is 205 g/mol. The molecular formula is C12H19N3. The van der Waals surface area contributed by atoms with Gasteiger partial charge in [0.15, 0.2) is 0 Å². The Morgan fingerprint density at radius 1 is 1.27 bits per heavy atom. The quantitative estimate of drug-likeness (QED) is 0.793. The molecule has 1 aliphatic rings. The minimum atomic E-state index is 0.864. The van der Waals surface area contributed by atoms with Gasteiger partial charge >= 0.3 is 0 Å². The molecule has 1 aromatic rings. The Kier molecular flexibility index (Phi) is 3.43. The number of aromatic nitrogens is 1. The normalized spacial score (nSPS) is 16.6. The highest BCUT2D eigenvalue weighted by atomic mass is 14.9. The summed E-state index contributed by atoms with van der Waals surface area (Å²) >= 11 is 0. The first-order valence-corrected chi connectivity index (χ1v) is 5.75. The highest BCUT2D eigenvalue weighted by Gasteiger charge is 2.14.